The summed E-state index contributed by atoms with van der Waals surface area (Å²) in [6.07, 6.45) is -5.23. The van der Waals surface area contributed by atoms with Crippen molar-refractivity contribution < 1.29 is 43.2 Å². The number of imide groups is 1. The van der Waals surface area contributed by atoms with Gasteiger partial charge in [-0.3, -0.25) is 0 Å². The highest BCUT2D eigenvalue weighted by molar-refractivity contribution is 5.94. The molecule has 35 heavy (non-hydrogen) atoms. The largest absolute Gasteiger partial charge is 0.484 e. The first-order valence-corrected chi connectivity index (χ1v) is 11.5. The molecule has 0 saturated carbocycles. The number of hydrogen-bond acceptors (Lipinski definition) is 9. The van der Waals surface area contributed by atoms with Crippen LogP contribution < -0.4 is 4.74 Å². The van der Waals surface area contributed by atoms with Gasteiger partial charge in [-0.05, 0) is 67.5 Å². The van der Waals surface area contributed by atoms with Crippen molar-refractivity contribution in [2.45, 2.75) is 90.9 Å². The van der Waals surface area contributed by atoms with Crippen molar-refractivity contribution in [2.75, 3.05) is 13.2 Å². The van der Waals surface area contributed by atoms with Gasteiger partial charge >= 0.3 is 18.2 Å². The number of nitrogens with zero attached hydrogens (tertiary/aromatic N) is 1. The van der Waals surface area contributed by atoms with Gasteiger partial charge < -0.3 is 28.8 Å². The van der Waals surface area contributed by atoms with Crippen molar-refractivity contribution in [2.24, 2.45) is 0 Å². The van der Waals surface area contributed by atoms with Crippen LogP contribution in [-0.2, 0) is 23.7 Å². The number of amides is 2. The Bertz CT molecular complexity index is 858. The predicted molar refractivity (Wildman–Crippen MR) is 126 cm³/mol. The lowest BCUT2D eigenvalue weighted by atomic mass is 10.1. The van der Waals surface area contributed by atoms with E-state index < -0.39 is 60.3 Å². The zero-order valence-electron chi connectivity index (χ0n) is 21.7. The minimum absolute atomic E-state index is 0.232. The van der Waals surface area contributed by atoms with Crippen LogP contribution >= 0.6 is 0 Å². The lowest BCUT2D eigenvalue weighted by Gasteiger charge is -2.32. The lowest BCUT2D eigenvalue weighted by molar-refractivity contribution is -0.160. The number of rotatable bonds is 3. The topological polar surface area (TPSA) is 121 Å². The molecule has 0 radical (unpaired) electrons. The van der Waals surface area contributed by atoms with Crippen LogP contribution in [-0.4, -0.2) is 76.9 Å². The van der Waals surface area contributed by atoms with Gasteiger partial charge in [-0.1, -0.05) is 17.7 Å². The summed E-state index contributed by atoms with van der Waals surface area (Å²) in [7, 11) is 0. The fourth-order valence-electron chi connectivity index (χ4n) is 3.18. The number of cyclic esters (lactones) is 1. The Morgan fingerprint density at radius 2 is 1.49 bits per heavy atom. The second-order valence-corrected chi connectivity index (χ2v) is 10.5. The smallest absolute Gasteiger partial charge is 0.420 e. The Morgan fingerprint density at radius 3 is 1.97 bits per heavy atom. The van der Waals surface area contributed by atoms with Crippen LogP contribution in [0.5, 0.6) is 5.75 Å². The summed E-state index contributed by atoms with van der Waals surface area (Å²) < 4.78 is 27.7. The van der Waals surface area contributed by atoms with Crippen LogP contribution in [0.2, 0.25) is 0 Å². The summed E-state index contributed by atoms with van der Waals surface area (Å²) in [4.78, 5) is 39.6. The molecule has 1 saturated heterocycles. The highest BCUT2D eigenvalue weighted by Gasteiger charge is 2.44. The molecule has 1 aromatic carbocycles. The molecule has 2 rings (SSSR count). The van der Waals surface area contributed by atoms with Crippen molar-refractivity contribution in [3.8, 4) is 5.75 Å². The van der Waals surface area contributed by atoms with E-state index in [9.17, 15) is 19.5 Å². The summed E-state index contributed by atoms with van der Waals surface area (Å²) in [5.74, 6) is -0.455. The predicted octanol–water partition coefficient (Wildman–Crippen LogP) is 3.61. The Kier molecular flexibility index (Phi) is 9.13. The van der Waals surface area contributed by atoms with Crippen molar-refractivity contribution in [3.63, 3.8) is 0 Å². The molecule has 0 spiro atoms. The van der Waals surface area contributed by atoms with Gasteiger partial charge in [-0.15, -0.1) is 0 Å². The second-order valence-electron chi connectivity index (χ2n) is 10.5. The number of hydrogen-bond donors (Lipinski definition) is 1. The van der Waals surface area contributed by atoms with Gasteiger partial charge in [0.1, 0.15) is 29.2 Å². The molecule has 10 heteroatoms. The van der Waals surface area contributed by atoms with E-state index >= 15 is 0 Å². The van der Waals surface area contributed by atoms with Crippen molar-refractivity contribution >= 4 is 18.2 Å². The van der Waals surface area contributed by atoms with Crippen molar-refractivity contribution in [3.05, 3.63) is 29.8 Å². The first kappa shape index (κ1) is 28.4. The van der Waals surface area contributed by atoms with E-state index in [0.717, 1.165) is 5.56 Å². The van der Waals surface area contributed by atoms with Crippen LogP contribution in [0, 0.1) is 6.92 Å². The van der Waals surface area contributed by atoms with Crippen LogP contribution in [0.3, 0.4) is 0 Å². The summed E-state index contributed by atoms with van der Waals surface area (Å²) in [5.41, 5.74) is -0.865. The van der Waals surface area contributed by atoms with Gasteiger partial charge in [0, 0.05) is 0 Å². The number of aryl methyl sites for hydroxylation is 1. The molecule has 1 aliphatic rings. The highest BCUT2D eigenvalue weighted by atomic mass is 16.6. The van der Waals surface area contributed by atoms with E-state index in [1.54, 1.807) is 60.6 Å². The molecular weight excluding hydrogens is 458 g/mol. The molecule has 4 atom stereocenters. The maximum Gasteiger partial charge on any atom is 0.420 e. The van der Waals surface area contributed by atoms with E-state index in [1.807, 2.05) is 19.1 Å². The number of aliphatic hydroxyl groups excluding tert-OH is 1. The normalized spacial score (nSPS) is 23.7. The molecule has 1 heterocycles. The Balaban J connectivity index is 2.32. The third kappa shape index (κ3) is 8.70. The number of carbonyl (C=O) groups excluding carboxylic acids is 3. The molecular formula is C25H37NO9. The van der Waals surface area contributed by atoms with Crippen molar-refractivity contribution in [1.29, 1.82) is 0 Å². The molecule has 0 unspecified atom stereocenters. The molecule has 0 aromatic heterocycles. The fourth-order valence-corrected chi connectivity index (χ4v) is 3.18. The minimum atomic E-state index is -1.51. The molecule has 1 N–H and O–H groups in total. The quantitative estimate of drug-likeness (QED) is 0.495. The SMILES string of the molecule is Cc1ccc(O[C@H]2[C@H](C)OC(=O)[C@@H](N(C(=O)OC(C)(C)C)C(=O)OC(C)(C)C)COC[C@@H]2O)cc1. The van der Waals surface area contributed by atoms with Crippen molar-refractivity contribution in [1.82, 2.24) is 4.90 Å². The van der Waals surface area contributed by atoms with E-state index in [-0.39, 0.29) is 6.61 Å². The molecule has 1 fully saturated rings. The Labute approximate surface area is 206 Å². The van der Waals surface area contributed by atoms with Gasteiger partial charge in [-0.2, -0.15) is 4.90 Å². The molecule has 10 nitrogen and oxygen atoms in total. The maximum atomic E-state index is 13.2. The summed E-state index contributed by atoms with van der Waals surface area (Å²) in [5, 5.41) is 10.7. The number of carbonyl (C=O) groups is 3. The molecule has 196 valence electrons. The van der Waals surface area contributed by atoms with Crippen LogP contribution in [0.25, 0.3) is 0 Å². The first-order valence-electron chi connectivity index (χ1n) is 11.5. The van der Waals surface area contributed by atoms with Crippen LogP contribution in [0.15, 0.2) is 24.3 Å². The number of aliphatic hydroxyl groups is 1. The molecule has 1 aliphatic heterocycles. The zero-order chi connectivity index (χ0) is 26.6. The number of esters is 1. The molecule has 0 bridgehead atoms. The Morgan fingerprint density at radius 1 is 0.971 bits per heavy atom. The minimum Gasteiger partial charge on any atom is -0.484 e. The van der Waals surface area contributed by atoms with E-state index in [0.29, 0.717) is 10.6 Å². The zero-order valence-corrected chi connectivity index (χ0v) is 21.7. The lowest BCUT2D eigenvalue weighted by Crippen LogP contribution is -2.54. The highest BCUT2D eigenvalue weighted by Crippen LogP contribution is 2.22. The van der Waals surface area contributed by atoms with Gasteiger partial charge in [0.05, 0.1) is 13.2 Å². The summed E-state index contributed by atoms with van der Waals surface area (Å²) in [6, 6.07) is 5.66. The summed E-state index contributed by atoms with van der Waals surface area (Å²) in [6.45, 7) is 12.6. The Hall–Kier alpha value is -2.85. The first-order chi connectivity index (χ1) is 16.1. The molecule has 2 amide bonds. The maximum absolute atomic E-state index is 13.2. The van der Waals surface area contributed by atoms with Crippen LogP contribution in [0.4, 0.5) is 9.59 Å². The van der Waals surface area contributed by atoms with Crippen LogP contribution in [0.1, 0.15) is 54.0 Å². The second kappa shape index (κ2) is 11.3. The van der Waals surface area contributed by atoms with Gasteiger partial charge in [0.2, 0.25) is 0 Å². The fraction of sp³-hybridized carbons (Fsp3) is 0.640. The monoisotopic (exact) mass is 495 g/mol. The molecule has 1 aromatic rings. The third-order valence-electron chi connectivity index (χ3n) is 4.77. The van der Waals surface area contributed by atoms with Gasteiger partial charge in [-0.25, -0.2) is 14.4 Å². The third-order valence-corrected chi connectivity index (χ3v) is 4.77. The van der Waals surface area contributed by atoms with E-state index in [1.165, 1.54) is 0 Å². The number of ether oxygens (including phenoxy) is 5. The van der Waals surface area contributed by atoms with Gasteiger partial charge in [0.15, 0.2) is 12.1 Å². The van der Waals surface area contributed by atoms with E-state index in [2.05, 4.69) is 0 Å². The van der Waals surface area contributed by atoms with E-state index in [4.69, 9.17) is 23.7 Å². The summed E-state index contributed by atoms with van der Waals surface area (Å²) >= 11 is 0. The average Bonchev–Trinajstić information content (AvgIpc) is 2.73. The number of benzene rings is 1. The average molecular weight is 496 g/mol. The standard InChI is InChI=1S/C25H37NO9/c1-15-9-11-17(12-10-15)33-20-16(2)32-21(28)18(13-31-14-19(20)27)26(22(29)34-24(3,4)5)23(30)35-25(6,7)8/h9-12,16,18-20,27H,13-14H2,1-8H3/t16-,18-,19-,20-/m0/s1. The van der Waals surface area contributed by atoms with Gasteiger partial charge in [0.25, 0.3) is 0 Å². The molecule has 0 aliphatic carbocycles.